The predicted molar refractivity (Wildman–Crippen MR) is 156 cm³/mol. The third-order valence-electron chi connectivity index (χ3n) is 6.65. The zero-order valence-electron chi connectivity index (χ0n) is 23.4. The molecule has 3 aromatic rings. The molecule has 0 saturated carbocycles. The highest BCUT2D eigenvalue weighted by atomic mass is 32.2. The van der Waals surface area contributed by atoms with E-state index in [-0.39, 0.29) is 23.3 Å². The summed E-state index contributed by atoms with van der Waals surface area (Å²) in [5, 5.41) is 2.85. The molecule has 0 aliphatic rings. The minimum absolute atomic E-state index is 0.0946. The molecule has 2 amide bonds. The van der Waals surface area contributed by atoms with Crippen LogP contribution in [0, 0.1) is 6.92 Å². The van der Waals surface area contributed by atoms with Crippen molar-refractivity contribution in [1.82, 2.24) is 10.2 Å². The van der Waals surface area contributed by atoms with Crippen LogP contribution in [0.5, 0.6) is 0 Å². The molecule has 7 nitrogen and oxygen atoms in total. The van der Waals surface area contributed by atoms with Gasteiger partial charge in [-0.3, -0.25) is 13.9 Å². The number of nitrogens with zero attached hydrogens (tertiary/aromatic N) is 2. The van der Waals surface area contributed by atoms with E-state index in [9.17, 15) is 18.0 Å². The molecule has 0 unspecified atom stereocenters. The van der Waals surface area contributed by atoms with E-state index in [1.54, 1.807) is 43.3 Å². The number of sulfonamides is 1. The molecule has 39 heavy (non-hydrogen) atoms. The summed E-state index contributed by atoms with van der Waals surface area (Å²) in [4.78, 5) is 28.3. The molecule has 0 fully saturated rings. The van der Waals surface area contributed by atoms with Crippen molar-refractivity contribution in [1.29, 1.82) is 0 Å². The Hall–Kier alpha value is -3.65. The quantitative estimate of drug-likeness (QED) is 0.334. The van der Waals surface area contributed by atoms with Gasteiger partial charge in [-0.25, -0.2) is 8.42 Å². The van der Waals surface area contributed by atoms with Crippen molar-refractivity contribution in [3.05, 3.63) is 95.6 Å². The Balaban J connectivity index is 2.02. The van der Waals surface area contributed by atoms with Gasteiger partial charge in [0.15, 0.2) is 0 Å². The van der Waals surface area contributed by atoms with E-state index in [2.05, 4.69) is 19.2 Å². The molecule has 3 rings (SSSR count). The maximum atomic E-state index is 13.9. The lowest BCUT2D eigenvalue weighted by molar-refractivity contribution is -0.139. The number of amides is 2. The number of rotatable bonds is 12. The van der Waals surface area contributed by atoms with E-state index in [0.717, 1.165) is 27.4 Å². The Morgan fingerprint density at radius 1 is 0.872 bits per heavy atom. The fourth-order valence-electron chi connectivity index (χ4n) is 4.15. The van der Waals surface area contributed by atoms with Gasteiger partial charge >= 0.3 is 0 Å². The largest absolute Gasteiger partial charge is 0.354 e. The maximum absolute atomic E-state index is 13.9. The Morgan fingerprint density at radius 2 is 1.49 bits per heavy atom. The van der Waals surface area contributed by atoms with Crippen molar-refractivity contribution in [2.24, 2.45) is 0 Å². The van der Waals surface area contributed by atoms with Crippen LogP contribution in [-0.4, -0.2) is 44.3 Å². The van der Waals surface area contributed by atoms with Crippen LogP contribution >= 0.6 is 0 Å². The van der Waals surface area contributed by atoms with Crippen LogP contribution in [0.1, 0.15) is 56.7 Å². The molecule has 1 N–H and O–H groups in total. The first-order chi connectivity index (χ1) is 18.5. The van der Waals surface area contributed by atoms with Gasteiger partial charge < -0.3 is 10.2 Å². The highest BCUT2D eigenvalue weighted by molar-refractivity contribution is 7.92. The Labute approximate surface area is 232 Å². The van der Waals surface area contributed by atoms with Gasteiger partial charge in [0.2, 0.25) is 11.8 Å². The standard InChI is InChI=1S/C31H39N3O4S/c1-6-20-32-31(36)25(5)33(21-26-10-8-7-9-11-26)30(35)22-34(28-16-14-27(15-17-28)23(2)3)39(37,38)29-18-12-24(4)13-19-29/h7-19,23,25H,6,20-22H2,1-5H3,(H,32,36)/t25-/m1/s1. The first-order valence-corrected chi connectivity index (χ1v) is 14.8. The molecule has 8 heteroatoms. The molecule has 208 valence electrons. The number of nitrogens with one attached hydrogen (secondary N) is 1. The molecule has 0 saturated heterocycles. The average Bonchev–Trinajstić information content (AvgIpc) is 2.93. The van der Waals surface area contributed by atoms with E-state index in [1.807, 2.05) is 56.3 Å². The third kappa shape index (κ3) is 7.69. The van der Waals surface area contributed by atoms with Crippen LogP contribution < -0.4 is 9.62 Å². The van der Waals surface area contributed by atoms with E-state index >= 15 is 0 Å². The van der Waals surface area contributed by atoms with Crippen molar-refractivity contribution >= 4 is 27.5 Å². The summed E-state index contributed by atoms with van der Waals surface area (Å²) < 4.78 is 28.9. The lowest BCUT2D eigenvalue weighted by Gasteiger charge is -2.32. The van der Waals surface area contributed by atoms with Crippen LogP contribution in [0.2, 0.25) is 0 Å². The van der Waals surface area contributed by atoms with Crippen LogP contribution in [0.25, 0.3) is 0 Å². The minimum atomic E-state index is -4.08. The van der Waals surface area contributed by atoms with Crippen molar-refractivity contribution < 1.29 is 18.0 Å². The second-order valence-electron chi connectivity index (χ2n) is 10.0. The fraction of sp³-hybridized carbons (Fsp3) is 0.355. The van der Waals surface area contributed by atoms with E-state index in [4.69, 9.17) is 0 Å². The zero-order valence-corrected chi connectivity index (χ0v) is 24.2. The summed E-state index contributed by atoms with van der Waals surface area (Å²) in [7, 11) is -4.08. The maximum Gasteiger partial charge on any atom is 0.264 e. The summed E-state index contributed by atoms with van der Waals surface area (Å²) in [6.45, 7) is 9.85. The number of benzene rings is 3. The van der Waals surface area contributed by atoms with Gasteiger partial charge in [-0.15, -0.1) is 0 Å². The lowest BCUT2D eigenvalue weighted by atomic mass is 10.0. The first kappa shape index (κ1) is 29.9. The SMILES string of the molecule is CCCNC(=O)[C@@H](C)N(Cc1ccccc1)C(=O)CN(c1ccc(C(C)C)cc1)S(=O)(=O)c1ccc(C)cc1. The van der Waals surface area contributed by atoms with Gasteiger partial charge in [0.1, 0.15) is 12.6 Å². The molecule has 0 heterocycles. The molecule has 0 bridgehead atoms. The molecule has 0 aliphatic carbocycles. The second kappa shape index (κ2) is 13.4. The molecule has 3 aromatic carbocycles. The Kier molecular flexibility index (Phi) is 10.3. The number of carbonyl (C=O) groups is 2. The van der Waals surface area contributed by atoms with Crippen LogP contribution in [0.4, 0.5) is 5.69 Å². The summed E-state index contributed by atoms with van der Waals surface area (Å²) >= 11 is 0. The van der Waals surface area contributed by atoms with Crippen LogP contribution in [0.3, 0.4) is 0 Å². The molecule has 1 atom stereocenters. The van der Waals surface area contributed by atoms with E-state index in [1.165, 1.54) is 4.90 Å². The number of anilines is 1. The van der Waals surface area contributed by atoms with Crippen molar-refractivity contribution in [3.63, 3.8) is 0 Å². The summed E-state index contributed by atoms with van der Waals surface area (Å²) in [6, 6.07) is 22.4. The second-order valence-corrected chi connectivity index (χ2v) is 11.9. The highest BCUT2D eigenvalue weighted by Gasteiger charge is 2.32. The minimum Gasteiger partial charge on any atom is -0.354 e. The fourth-order valence-corrected chi connectivity index (χ4v) is 5.56. The van der Waals surface area contributed by atoms with Crippen LogP contribution in [-0.2, 0) is 26.2 Å². The molecule has 0 radical (unpaired) electrons. The van der Waals surface area contributed by atoms with Gasteiger partial charge in [-0.05, 0) is 61.6 Å². The Morgan fingerprint density at radius 3 is 2.05 bits per heavy atom. The summed E-state index contributed by atoms with van der Waals surface area (Å²) in [5.41, 5.74) is 3.22. The smallest absolute Gasteiger partial charge is 0.264 e. The summed E-state index contributed by atoms with van der Waals surface area (Å²) in [5.74, 6) is -0.483. The first-order valence-electron chi connectivity index (χ1n) is 13.3. The van der Waals surface area contributed by atoms with Gasteiger partial charge in [0, 0.05) is 13.1 Å². The predicted octanol–water partition coefficient (Wildman–Crippen LogP) is 5.26. The van der Waals surface area contributed by atoms with Crippen molar-refractivity contribution in [2.45, 2.75) is 64.4 Å². The highest BCUT2D eigenvalue weighted by Crippen LogP contribution is 2.27. The Bertz CT molecular complexity index is 1340. The monoisotopic (exact) mass is 549 g/mol. The molecule has 0 spiro atoms. The topological polar surface area (TPSA) is 86.8 Å². The molecular formula is C31H39N3O4S. The number of hydrogen-bond donors (Lipinski definition) is 1. The van der Waals surface area contributed by atoms with Gasteiger partial charge in [0.05, 0.1) is 10.6 Å². The number of aryl methyl sites for hydroxylation is 1. The zero-order chi connectivity index (χ0) is 28.6. The van der Waals surface area contributed by atoms with E-state index in [0.29, 0.717) is 12.2 Å². The van der Waals surface area contributed by atoms with Crippen LogP contribution in [0.15, 0.2) is 83.8 Å². The van der Waals surface area contributed by atoms with E-state index < -0.39 is 28.5 Å². The van der Waals surface area contributed by atoms with Gasteiger partial charge in [0.25, 0.3) is 10.0 Å². The third-order valence-corrected chi connectivity index (χ3v) is 8.44. The average molecular weight is 550 g/mol. The van der Waals surface area contributed by atoms with Gasteiger partial charge in [-0.2, -0.15) is 0 Å². The molecule has 0 aromatic heterocycles. The van der Waals surface area contributed by atoms with Crippen molar-refractivity contribution in [2.75, 3.05) is 17.4 Å². The number of carbonyl (C=O) groups excluding carboxylic acids is 2. The number of hydrogen-bond acceptors (Lipinski definition) is 4. The molecular weight excluding hydrogens is 510 g/mol. The van der Waals surface area contributed by atoms with Gasteiger partial charge in [-0.1, -0.05) is 80.9 Å². The van der Waals surface area contributed by atoms with Crippen molar-refractivity contribution in [3.8, 4) is 0 Å². The lowest BCUT2D eigenvalue weighted by Crippen LogP contribution is -2.51. The molecule has 0 aliphatic heterocycles. The normalized spacial score (nSPS) is 12.2. The summed E-state index contributed by atoms with van der Waals surface area (Å²) in [6.07, 6.45) is 0.764.